The van der Waals surface area contributed by atoms with Crippen molar-refractivity contribution < 1.29 is 33.7 Å². The van der Waals surface area contributed by atoms with Gasteiger partial charge >= 0.3 is 12.5 Å². The minimum Gasteiger partial charge on any atom is -0.394 e. The molecule has 5 rings (SSSR count). The zero-order chi connectivity index (χ0) is 27.2. The molecule has 0 radical (unpaired) electrons. The molecule has 18 heteroatoms. The van der Waals surface area contributed by atoms with Crippen LogP contribution >= 0.6 is 18.2 Å². The van der Waals surface area contributed by atoms with Crippen LogP contribution in [0.15, 0.2) is 28.4 Å². The summed E-state index contributed by atoms with van der Waals surface area (Å²) in [6, 6.07) is 0. The number of H-pyrrole nitrogens is 1. The average molecular weight is 572 g/mol. The molecular weight excluding hydrogens is 545 g/mol. The van der Waals surface area contributed by atoms with Crippen molar-refractivity contribution >= 4 is 35.2 Å². The van der Waals surface area contributed by atoms with Gasteiger partial charge < -0.3 is 30.3 Å². The van der Waals surface area contributed by atoms with E-state index in [9.17, 15) is 29.3 Å². The number of aromatic amines is 1. The Kier molecular flexibility index (Phi) is 7.45. The largest absolute Gasteiger partial charge is 0.394 e. The molecule has 7 atom stereocenters. The van der Waals surface area contributed by atoms with Gasteiger partial charge in [-0.25, -0.2) is 24.3 Å². The van der Waals surface area contributed by atoms with Crippen LogP contribution in [0.25, 0.3) is 11.2 Å². The zero-order valence-corrected chi connectivity index (χ0v) is 21.7. The number of fused-ring (bicyclic) bond motifs is 1. The molecule has 5 heterocycles. The number of imidazole rings is 1. The van der Waals surface area contributed by atoms with Crippen molar-refractivity contribution in [1.29, 1.82) is 0 Å². The van der Waals surface area contributed by atoms with E-state index in [0.717, 1.165) is 4.57 Å². The second kappa shape index (κ2) is 10.5. The van der Waals surface area contributed by atoms with E-state index in [-0.39, 0.29) is 24.2 Å². The first kappa shape index (κ1) is 27.0. The lowest BCUT2D eigenvalue weighted by molar-refractivity contribution is -0.0416. The molecule has 16 nitrogen and oxygen atoms in total. The lowest BCUT2D eigenvalue weighted by atomic mass is 10.2. The lowest BCUT2D eigenvalue weighted by Gasteiger charge is -2.21. The fourth-order valence-corrected chi connectivity index (χ4v) is 7.76. The van der Waals surface area contributed by atoms with Gasteiger partial charge in [-0.05, 0) is 18.3 Å². The maximum Gasteiger partial charge on any atom is 0.387 e. The Balaban J connectivity index is 1.22. The third kappa shape index (κ3) is 5.28. The summed E-state index contributed by atoms with van der Waals surface area (Å²) in [5.74, 6) is 0.198. The molecule has 2 aliphatic rings. The van der Waals surface area contributed by atoms with Crippen LogP contribution in [0.4, 0.5) is 5.82 Å². The van der Waals surface area contributed by atoms with Crippen molar-refractivity contribution in [3.8, 4) is 0 Å². The third-order valence-electron chi connectivity index (χ3n) is 6.39. The van der Waals surface area contributed by atoms with Crippen LogP contribution in [-0.2, 0) is 18.6 Å². The number of anilines is 1. The van der Waals surface area contributed by atoms with Crippen LogP contribution in [0.2, 0.25) is 0 Å². The number of rotatable bonds is 8. The Labute approximate surface area is 218 Å². The van der Waals surface area contributed by atoms with Gasteiger partial charge in [-0.2, -0.15) is 0 Å². The SMILES string of the molecule is Cc1cn([C@H]2C[C@H](O)[C@@H](COP(=O)(O)S[C@H]3C[C@H](n4cnc5c(N)ncnc54)O[C@@H]3CO)O2)c(=O)[nH]c1=O. The molecule has 0 spiro atoms. The number of aliphatic hydroxyl groups excluding tert-OH is 2. The van der Waals surface area contributed by atoms with Gasteiger partial charge in [0.2, 0.25) is 0 Å². The van der Waals surface area contributed by atoms with E-state index in [1.807, 2.05) is 0 Å². The Morgan fingerprint density at radius 1 is 1.21 bits per heavy atom. The number of hydrogen-bond donors (Lipinski definition) is 5. The van der Waals surface area contributed by atoms with Crippen LogP contribution in [0.3, 0.4) is 0 Å². The molecule has 3 aromatic rings. The van der Waals surface area contributed by atoms with Crippen LogP contribution < -0.4 is 17.0 Å². The number of nitrogens with two attached hydrogens (primary N) is 1. The van der Waals surface area contributed by atoms with E-state index in [2.05, 4.69) is 19.9 Å². The summed E-state index contributed by atoms with van der Waals surface area (Å²) in [6.07, 6.45) is -0.0552. The van der Waals surface area contributed by atoms with Crippen molar-refractivity contribution in [2.24, 2.45) is 0 Å². The van der Waals surface area contributed by atoms with Crippen molar-refractivity contribution in [3.63, 3.8) is 0 Å². The molecule has 0 amide bonds. The number of ether oxygens (including phenoxy) is 2. The number of aryl methyl sites for hydroxylation is 1. The summed E-state index contributed by atoms with van der Waals surface area (Å²) < 4.78 is 32.5. The molecule has 3 aromatic heterocycles. The fourth-order valence-electron chi connectivity index (χ4n) is 4.43. The number of nitrogens with one attached hydrogen (secondary N) is 1. The van der Waals surface area contributed by atoms with Gasteiger partial charge in [-0.3, -0.25) is 23.4 Å². The van der Waals surface area contributed by atoms with E-state index in [1.54, 1.807) is 4.57 Å². The molecule has 0 saturated carbocycles. The summed E-state index contributed by atoms with van der Waals surface area (Å²) in [5, 5.41) is 19.6. The summed E-state index contributed by atoms with van der Waals surface area (Å²) in [4.78, 5) is 48.7. The molecule has 38 heavy (non-hydrogen) atoms. The smallest absolute Gasteiger partial charge is 0.387 e. The van der Waals surface area contributed by atoms with Crippen LogP contribution in [0.5, 0.6) is 0 Å². The Hall–Kier alpha value is -2.63. The molecule has 2 saturated heterocycles. The highest BCUT2D eigenvalue weighted by Gasteiger charge is 2.43. The number of hydrogen-bond acceptors (Lipinski definition) is 13. The second-order valence-corrected chi connectivity index (χ2v) is 13.0. The van der Waals surface area contributed by atoms with Crippen LogP contribution in [0, 0.1) is 6.92 Å². The molecule has 1 unspecified atom stereocenters. The summed E-state index contributed by atoms with van der Waals surface area (Å²) in [6.45, 7) is -3.61. The lowest BCUT2D eigenvalue weighted by Crippen LogP contribution is -2.33. The van der Waals surface area contributed by atoms with E-state index in [1.165, 1.54) is 25.8 Å². The maximum atomic E-state index is 12.9. The minimum absolute atomic E-state index is 0.0138. The average Bonchev–Trinajstić information content (AvgIpc) is 3.57. The van der Waals surface area contributed by atoms with Crippen molar-refractivity contribution in [2.75, 3.05) is 18.9 Å². The first-order valence-corrected chi connectivity index (χ1v) is 14.6. The summed E-state index contributed by atoms with van der Waals surface area (Å²) in [5.41, 5.74) is 5.70. The zero-order valence-electron chi connectivity index (χ0n) is 20.0. The van der Waals surface area contributed by atoms with Crippen molar-refractivity contribution in [1.82, 2.24) is 29.1 Å². The Bertz CT molecular complexity index is 1500. The van der Waals surface area contributed by atoms with E-state index in [4.69, 9.17) is 19.7 Å². The molecular formula is C20H26N7O9PS. The van der Waals surface area contributed by atoms with Crippen molar-refractivity contribution in [3.05, 3.63) is 45.3 Å². The second-order valence-electron chi connectivity index (χ2n) is 8.95. The topological polar surface area (TPSA) is 230 Å². The van der Waals surface area contributed by atoms with E-state index in [0.29, 0.717) is 22.5 Å². The maximum absolute atomic E-state index is 12.9. The summed E-state index contributed by atoms with van der Waals surface area (Å²) in [7, 11) is 0. The first-order chi connectivity index (χ1) is 18.1. The number of aromatic nitrogens is 6. The van der Waals surface area contributed by atoms with Gasteiger partial charge in [-0.15, -0.1) is 0 Å². The van der Waals surface area contributed by atoms with E-state index < -0.39 is 67.3 Å². The Morgan fingerprint density at radius 3 is 2.71 bits per heavy atom. The van der Waals surface area contributed by atoms with Gasteiger partial charge in [0.1, 0.15) is 30.4 Å². The van der Waals surface area contributed by atoms with Gasteiger partial charge in [-0.1, -0.05) is 0 Å². The molecule has 0 aliphatic carbocycles. The first-order valence-electron chi connectivity index (χ1n) is 11.6. The predicted octanol–water partition coefficient (Wildman–Crippen LogP) is -0.586. The van der Waals surface area contributed by atoms with Gasteiger partial charge in [0.25, 0.3) is 5.56 Å². The minimum atomic E-state index is -4.30. The quantitative estimate of drug-likeness (QED) is 0.213. The molecule has 2 fully saturated rings. The molecule has 6 N–H and O–H groups in total. The molecule has 0 bridgehead atoms. The standard InChI is InChI=1S/C20H26N7O9PS/c1-9-4-26(20(31)25-19(9)30)14-2-10(29)12(36-14)6-34-37(32,33)38-13-3-15(35-11(13)5-28)27-8-24-16-17(21)22-7-23-18(16)27/h4,7-8,10-15,28-29H,2-3,5-6H2,1H3,(H,32,33)(H2,21,22,23)(H,25,30,31)/t10-,11+,12+,13-,14+,15+/m0/s1. The number of nitrogens with zero attached hydrogens (tertiary/aromatic N) is 5. The fraction of sp³-hybridized carbons (Fsp3) is 0.550. The highest BCUT2D eigenvalue weighted by atomic mass is 32.7. The molecule has 2 aliphatic heterocycles. The monoisotopic (exact) mass is 571 g/mol. The Morgan fingerprint density at radius 2 is 1.95 bits per heavy atom. The van der Waals surface area contributed by atoms with Crippen molar-refractivity contribution in [2.45, 2.75) is 55.8 Å². The normalized spacial score (nSPS) is 29.2. The highest BCUT2D eigenvalue weighted by Crippen LogP contribution is 2.61. The summed E-state index contributed by atoms with van der Waals surface area (Å²) >= 11 is 0.620. The van der Waals surface area contributed by atoms with Gasteiger partial charge in [0.15, 0.2) is 11.5 Å². The highest BCUT2D eigenvalue weighted by molar-refractivity contribution is 8.55. The number of nitrogen functional groups attached to an aromatic ring is 1. The third-order valence-corrected chi connectivity index (χ3v) is 9.82. The molecule has 0 aromatic carbocycles. The predicted molar refractivity (Wildman–Crippen MR) is 133 cm³/mol. The van der Waals surface area contributed by atoms with E-state index >= 15 is 0 Å². The van der Waals surface area contributed by atoms with Crippen LogP contribution in [0.1, 0.15) is 30.9 Å². The van der Waals surface area contributed by atoms with Gasteiger partial charge in [0.05, 0.1) is 31.7 Å². The van der Waals surface area contributed by atoms with Crippen LogP contribution in [-0.4, -0.2) is 81.0 Å². The number of aliphatic hydroxyl groups is 2. The van der Waals surface area contributed by atoms with Gasteiger partial charge in [0, 0.05) is 29.9 Å². The molecule has 206 valence electrons.